The van der Waals surface area contributed by atoms with Gasteiger partial charge in [-0.1, -0.05) is 29.8 Å². The van der Waals surface area contributed by atoms with Crippen LogP contribution in [-0.2, 0) is 12.6 Å². The molecule has 0 aliphatic heterocycles. The number of rotatable bonds is 3. The highest BCUT2D eigenvalue weighted by molar-refractivity contribution is 6.30. The number of benzene rings is 1. The molecule has 0 amide bonds. The van der Waals surface area contributed by atoms with Gasteiger partial charge >= 0.3 is 6.18 Å². The van der Waals surface area contributed by atoms with Crippen LogP contribution in [0, 0.1) is 0 Å². The Hall–Kier alpha value is -1.79. The van der Waals surface area contributed by atoms with Gasteiger partial charge in [-0.15, -0.1) is 0 Å². The summed E-state index contributed by atoms with van der Waals surface area (Å²) in [6.45, 7) is 0. The van der Waals surface area contributed by atoms with Gasteiger partial charge in [-0.05, 0) is 24.1 Å². The molecule has 2 aromatic rings. The van der Waals surface area contributed by atoms with Crippen molar-refractivity contribution in [3.63, 3.8) is 0 Å². The molecule has 1 unspecified atom stereocenters. The largest absolute Gasteiger partial charge is 0.416 e. The minimum atomic E-state index is -4.38. The third-order valence-corrected chi connectivity index (χ3v) is 3.23. The Kier molecular flexibility index (Phi) is 4.39. The van der Waals surface area contributed by atoms with E-state index in [1.165, 1.54) is 12.3 Å². The van der Waals surface area contributed by atoms with Crippen molar-refractivity contribution in [3.8, 4) is 0 Å². The summed E-state index contributed by atoms with van der Waals surface area (Å²) in [5.74, 6) is 0.221. The van der Waals surface area contributed by atoms with Crippen molar-refractivity contribution in [2.45, 2.75) is 18.6 Å². The lowest BCUT2D eigenvalue weighted by atomic mass is 9.99. The van der Waals surface area contributed by atoms with Crippen LogP contribution in [-0.4, -0.2) is 4.98 Å². The number of anilines is 1. The molecule has 0 aliphatic carbocycles. The quantitative estimate of drug-likeness (QED) is 0.910. The van der Waals surface area contributed by atoms with Crippen molar-refractivity contribution in [1.82, 2.24) is 4.98 Å². The van der Waals surface area contributed by atoms with Crippen LogP contribution in [0.1, 0.15) is 22.7 Å². The Labute approximate surface area is 124 Å². The number of halogens is 4. The number of pyridine rings is 1. The fraction of sp³-hybridized carbons (Fsp3) is 0.214. The number of nitrogen functional groups attached to an aromatic ring is 1. The summed E-state index contributed by atoms with van der Waals surface area (Å²) in [5.41, 5.74) is 12.0. The molecule has 0 saturated heterocycles. The van der Waals surface area contributed by atoms with Gasteiger partial charge in [0.2, 0.25) is 0 Å². The highest BCUT2D eigenvalue weighted by Gasteiger charge is 2.30. The molecular weight excluding hydrogens is 303 g/mol. The van der Waals surface area contributed by atoms with Gasteiger partial charge in [0.1, 0.15) is 5.82 Å². The van der Waals surface area contributed by atoms with Crippen molar-refractivity contribution in [1.29, 1.82) is 0 Å². The normalized spacial score (nSPS) is 13.2. The van der Waals surface area contributed by atoms with Crippen molar-refractivity contribution >= 4 is 17.4 Å². The maximum atomic E-state index is 12.7. The standard InChI is InChI=1S/C14H13ClF3N3/c15-10-6-11(13(20)21-7-10)12(19)5-8-2-1-3-9(4-8)14(16,17)18/h1-4,6-7,12H,5,19H2,(H2,20,21). The van der Waals surface area contributed by atoms with Gasteiger partial charge in [-0.3, -0.25) is 0 Å². The van der Waals surface area contributed by atoms with Crippen LogP contribution in [0.15, 0.2) is 36.5 Å². The summed E-state index contributed by atoms with van der Waals surface area (Å²) in [4.78, 5) is 3.88. The molecule has 0 bridgehead atoms. The van der Waals surface area contributed by atoms with Gasteiger partial charge in [-0.2, -0.15) is 13.2 Å². The second kappa shape index (κ2) is 5.91. The topological polar surface area (TPSA) is 64.9 Å². The molecule has 1 heterocycles. The van der Waals surface area contributed by atoms with E-state index in [1.54, 1.807) is 12.1 Å². The third-order valence-electron chi connectivity index (χ3n) is 3.03. The average Bonchev–Trinajstić information content (AvgIpc) is 2.41. The second-order valence-corrected chi connectivity index (χ2v) is 5.07. The van der Waals surface area contributed by atoms with Crippen LogP contribution < -0.4 is 11.5 Å². The number of hydrogen-bond acceptors (Lipinski definition) is 3. The number of nitrogens with two attached hydrogens (primary N) is 2. The lowest BCUT2D eigenvalue weighted by Crippen LogP contribution is -2.16. The number of alkyl halides is 3. The van der Waals surface area contributed by atoms with Crippen LogP contribution in [0.3, 0.4) is 0 Å². The molecule has 1 aromatic heterocycles. The molecule has 7 heteroatoms. The molecule has 0 fully saturated rings. The van der Waals surface area contributed by atoms with Crippen molar-refractivity contribution in [3.05, 3.63) is 58.2 Å². The molecule has 0 saturated carbocycles. The Morgan fingerprint density at radius 3 is 2.62 bits per heavy atom. The Balaban J connectivity index is 2.23. The minimum Gasteiger partial charge on any atom is -0.383 e. The third kappa shape index (κ3) is 3.86. The molecule has 0 radical (unpaired) electrons. The van der Waals surface area contributed by atoms with E-state index in [0.717, 1.165) is 12.1 Å². The lowest BCUT2D eigenvalue weighted by molar-refractivity contribution is -0.137. The first-order valence-corrected chi connectivity index (χ1v) is 6.48. The highest BCUT2D eigenvalue weighted by Crippen LogP contribution is 2.30. The van der Waals surface area contributed by atoms with Gasteiger partial charge < -0.3 is 11.5 Å². The summed E-state index contributed by atoms with van der Waals surface area (Å²) < 4.78 is 38.0. The first kappa shape index (κ1) is 15.6. The molecule has 1 atom stereocenters. The Bertz CT molecular complexity index is 644. The predicted octanol–water partition coefficient (Wildman–Crippen LogP) is 3.58. The smallest absolute Gasteiger partial charge is 0.383 e. The zero-order chi connectivity index (χ0) is 15.6. The van der Waals surface area contributed by atoms with E-state index in [4.69, 9.17) is 23.1 Å². The molecule has 2 rings (SSSR count). The van der Waals surface area contributed by atoms with Gasteiger partial charge in [0.15, 0.2) is 0 Å². The van der Waals surface area contributed by atoms with Gasteiger partial charge in [0, 0.05) is 17.8 Å². The Morgan fingerprint density at radius 2 is 1.95 bits per heavy atom. The van der Waals surface area contributed by atoms with Crippen molar-refractivity contribution in [2.24, 2.45) is 5.73 Å². The first-order chi connectivity index (χ1) is 9.77. The summed E-state index contributed by atoms with van der Waals surface area (Å²) >= 11 is 5.83. The van der Waals surface area contributed by atoms with Crippen molar-refractivity contribution in [2.75, 3.05) is 5.73 Å². The molecule has 4 N–H and O–H groups in total. The van der Waals surface area contributed by atoms with E-state index in [9.17, 15) is 13.2 Å². The van der Waals surface area contributed by atoms with Gasteiger partial charge in [0.05, 0.1) is 10.6 Å². The zero-order valence-electron chi connectivity index (χ0n) is 10.9. The summed E-state index contributed by atoms with van der Waals surface area (Å²) in [7, 11) is 0. The van der Waals surface area contributed by atoms with Crippen LogP contribution in [0.4, 0.5) is 19.0 Å². The first-order valence-electron chi connectivity index (χ1n) is 6.10. The predicted molar refractivity (Wildman–Crippen MR) is 75.7 cm³/mol. The van der Waals surface area contributed by atoms with Crippen LogP contribution >= 0.6 is 11.6 Å². The Morgan fingerprint density at radius 1 is 1.24 bits per heavy atom. The molecule has 0 spiro atoms. The summed E-state index contributed by atoms with van der Waals surface area (Å²) in [6, 6.07) is 6.02. The van der Waals surface area contributed by atoms with E-state index in [2.05, 4.69) is 4.98 Å². The maximum absolute atomic E-state index is 12.7. The lowest BCUT2D eigenvalue weighted by Gasteiger charge is -2.15. The van der Waals surface area contributed by atoms with E-state index in [-0.39, 0.29) is 12.2 Å². The molecule has 112 valence electrons. The maximum Gasteiger partial charge on any atom is 0.416 e. The molecular formula is C14H13ClF3N3. The van der Waals surface area contributed by atoms with E-state index in [1.807, 2.05) is 0 Å². The van der Waals surface area contributed by atoms with Crippen molar-refractivity contribution < 1.29 is 13.2 Å². The molecule has 21 heavy (non-hydrogen) atoms. The molecule has 0 aliphatic rings. The SMILES string of the molecule is Nc1ncc(Cl)cc1C(N)Cc1cccc(C(F)(F)F)c1. The van der Waals surface area contributed by atoms with E-state index < -0.39 is 17.8 Å². The van der Waals surface area contributed by atoms with E-state index >= 15 is 0 Å². The minimum absolute atomic E-state index is 0.205. The molecule has 3 nitrogen and oxygen atoms in total. The van der Waals surface area contributed by atoms with Gasteiger partial charge in [-0.25, -0.2) is 4.98 Å². The monoisotopic (exact) mass is 315 g/mol. The fourth-order valence-corrected chi connectivity index (χ4v) is 2.17. The van der Waals surface area contributed by atoms with Gasteiger partial charge in [0.25, 0.3) is 0 Å². The number of aromatic nitrogens is 1. The fourth-order valence-electron chi connectivity index (χ4n) is 2.00. The van der Waals surface area contributed by atoms with Crippen LogP contribution in [0.2, 0.25) is 5.02 Å². The average molecular weight is 316 g/mol. The number of hydrogen-bond donors (Lipinski definition) is 2. The van der Waals surface area contributed by atoms with E-state index in [0.29, 0.717) is 16.1 Å². The molecule has 1 aromatic carbocycles. The zero-order valence-corrected chi connectivity index (χ0v) is 11.6. The summed E-state index contributed by atoms with van der Waals surface area (Å²) in [5, 5.41) is 0.374. The summed E-state index contributed by atoms with van der Waals surface area (Å²) in [6.07, 6.45) is -2.79. The highest BCUT2D eigenvalue weighted by atomic mass is 35.5. The second-order valence-electron chi connectivity index (χ2n) is 4.64. The van der Waals surface area contributed by atoms with Crippen LogP contribution in [0.5, 0.6) is 0 Å². The number of nitrogens with zero attached hydrogens (tertiary/aromatic N) is 1. The van der Waals surface area contributed by atoms with Crippen LogP contribution in [0.25, 0.3) is 0 Å².